The first-order chi connectivity index (χ1) is 22.3. The molecule has 1 aromatic heterocycles. The number of unbranched alkanes of at least 4 members (excludes halogenated alkanes) is 25. The average Bonchev–Trinajstić information content (AvgIpc) is 3.60. The van der Waals surface area contributed by atoms with Crippen molar-refractivity contribution in [2.75, 3.05) is 0 Å². The van der Waals surface area contributed by atoms with Gasteiger partial charge in [0, 0.05) is 18.4 Å². The Morgan fingerprint density at radius 2 is 0.889 bits per heavy atom. The average molecular weight is 621 g/mol. The molecule has 0 N–H and O–H groups in total. The third-order valence-corrected chi connectivity index (χ3v) is 10.3. The van der Waals surface area contributed by atoms with E-state index in [0.717, 1.165) is 0 Å². The summed E-state index contributed by atoms with van der Waals surface area (Å²) >= 11 is 0. The third kappa shape index (κ3) is 21.8. The van der Waals surface area contributed by atoms with Crippen molar-refractivity contribution in [2.24, 2.45) is 5.92 Å². The van der Waals surface area contributed by atoms with Crippen LogP contribution in [0, 0.1) is 5.92 Å². The number of hydrogen-bond donors (Lipinski definition) is 0. The molecule has 2 rings (SSSR count). The molecular formula is C43H76N2. The Labute approximate surface area is 282 Å². The highest BCUT2D eigenvalue weighted by atomic mass is 15.1. The highest BCUT2D eigenvalue weighted by Gasteiger charge is 2.23. The second-order valence-corrected chi connectivity index (χ2v) is 14.4. The van der Waals surface area contributed by atoms with E-state index in [4.69, 9.17) is 0 Å². The summed E-state index contributed by atoms with van der Waals surface area (Å²) < 4.78 is 2.46. The first-order valence-electron chi connectivity index (χ1n) is 20.4. The van der Waals surface area contributed by atoms with Crippen LogP contribution in [0.4, 0.5) is 0 Å². The molecule has 1 aromatic carbocycles. The zero-order valence-corrected chi connectivity index (χ0v) is 30.4. The lowest BCUT2D eigenvalue weighted by atomic mass is 9.84. The standard InChI is InChI=1S/C43H76N2/c1-3-5-7-9-11-13-15-17-19-20-22-24-26-31-35-42(39-41-33-29-28-30-34-41)43(45-38-37-44-40-45)36-32-27-25-23-21-18-16-14-12-10-8-6-4-2/h28-30,33-34,37-38,40,42-43H,3-27,31-32,35-36,39H2,1-2H3. The van der Waals surface area contributed by atoms with Gasteiger partial charge < -0.3 is 4.57 Å². The van der Waals surface area contributed by atoms with Crippen LogP contribution in [0.15, 0.2) is 49.1 Å². The third-order valence-electron chi connectivity index (χ3n) is 10.3. The number of benzene rings is 1. The quantitative estimate of drug-likeness (QED) is 0.0726. The zero-order valence-electron chi connectivity index (χ0n) is 30.4. The maximum Gasteiger partial charge on any atom is 0.0948 e. The molecule has 1 heterocycles. The lowest BCUT2D eigenvalue weighted by molar-refractivity contribution is 0.275. The summed E-state index contributed by atoms with van der Waals surface area (Å²) in [7, 11) is 0. The van der Waals surface area contributed by atoms with E-state index in [9.17, 15) is 0 Å². The minimum Gasteiger partial charge on any atom is -0.334 e. The van der Waals surface area contributed by atoms with E-state index in [1.54, 1.807) is 0 Å². The molecule has 258 valence electrons. The van der Waals surface area contributed by atoms with Crippen molar-refractivity contribution in [1.29, 1.82) is 0 Å². The molecule has 0 bridgehead atoms. The van der Waals surface area contributed by atoms with Crippen molar-refractivity contribution < 1.29 is 0 Å². The molecule has 45 heavy (non-hydrogen) atoms. The van der Waals surface area contributed by atoms with E-state index in [1.807, 2.05) is 6.20 Å². The Morgan fingerprint density at radius 3 is 1.29 bits per heavy atom. The Bertz CT molecular complexity index is 829. The van der Waals surface area contributed by atoms with Gasteiger partial charge in [0.2, 0.25) is 0 Å². The van der Waals surface area contributed by atoms with E-state index >= 15 is 0 Å². The van der Waals surface area contributed by atoms with Crippen LogP contribution in [0.1, 0.15) is 212 Å². The molecule has 0 saturated carbocycles. The minimum absolute atomic E-state index is 0.572. The van der Waals surface area contributed by atoms with E-state index in [-0.39, 0.29) is 0 Å². The second kappa shape index (κ2) is 29.8. The monoisotopic (exact) mass is 621 g/mol. The number of imidazole rings is 1. The van der Waals surface area contributed by atoms with Crippen LogP contribution in [0.5, 0.6) is 0 Å². The molecule has 2 nitrogen and oxygen atoms in total. The maximum atomic E-state index is 4.48. The van der Waals surface area contributed by atoms with Gasteiger partial charge in [-0.2, -0.15) is 0 Å². The molecule has 0 spiro atoms. The smallest absolute Gasteiger partial charge is 0.0948 e. The van der Waals surface area contributed by atoms with Crippen molar-refractivity contribution in [2.45, 2.75) is 213 Å². The summed E-state index contributed by atoms with van der Waals surface area (Å²) in [5.74, 6) is 0.691. The van der Waals surface area contributed by atoms with Gasteiger partial charge in [-0.25, -0.2) is 4.98 Å². The molecule has 0 saturated heterocycles. The summed E-state index contributed by atoms with van der Waals surface area (Å²) in [5, 5.41) is 0. The Morgan fingerprint density at radius 1 is 0.489 bits per heavy atom. The van der Waals surface area contributed by atoms with Gasteiger partial charge in [-0.3, -0.25) is 0 Å². The highest BCUT2D eigenvalue weighted by Crippen LogP contribution is 2.32. The SMILES string of the molecule is CCCCCCCCCCCCCCCCC(Cc1ccccc1)C(CCCCCCCCCCCCCCC)n1ccnc1. The number of rotatable bonds is 33. The lowest BCUT2D eigenvalue weighted by Crippen LogP contribution is -2.21. The molecule has 2 aromatic rings. The van der Waals surface area contributed by atoms with E-state index in [0.29, 0.717) is 12.0 Å². The topological polar surface area (TPSA) is 17.8 Å². The normalized spacial score (nSPS) is 12.9. The summed E-state index contributed by atoms with van der Waals surface area (Å²) in [6.45, 7) is 4.62. The van der Waals surface area contributed by atoms with Crippen LogP contribution in [-0.2, 0) is 6.42 Å². The second-order valence-electron chi connectivity index (χ2n) is 14.4. The van der Waals surface area contributed by atoms with Crippen molar-refractivity contribution in [3.8, 4) is 0 Å². The van der Waals surface area contributed by atoms with Crippen LogP contribution in [0.25, 0.3) is 0 Å². The molecule has 2 heteroatoms. The molecule has 0 aliphatic carbocycles. The van der Waals surface area contributed by atoms with E-state index < -0.39 is 0 Å². The molecule has 2 unspecified atom stereocenters. The Balaban J connectivity index is 1.67. The first kappa shape index (κ1) is 39.6. The minimum atomic E-state index is 0.572. The number of aromatic nitrogens is 2. The first-order valence-corrected chi connectivity index (χ1v) is 20.4. The molecule has 2 atom stereocenters. The van der Waals surface area contributed by atoms with Gasteiger partial charge in [-0.05, 0) is 30.7 Å². The van der Waals surface area contributed by atoms with Crippen molar-refractivity contribution >= 4 is 0 Å². The van der Waals surface area contributed by atoms with Gasteiger partial charge in [0.05, 0.1) is 6.33 Å². The number of nitrogens with zero attached hydrogens (tertiary/aromatic N) is 2. The van der Waals surface area contributed by atoms with Crippen molar-refractivity contribution in [1.82, 2.24) is 9.55 Å². The van der Waals surface area contributed by atoms with Crippen LogP contribution in [-0.4, -0.2) is 9.55 Å². The van der Waals surface area contributed by atoms with Crippen molar-refractivity contribution in [3.63, 3.8) is 0 Å². The van der Waals surface area contributed by atoms with Crippen LogP contribution >= 0.6 is 0 Å². The van der Waals surface area contributed by atoms with Gasteiger partial charge >= 0.3 is 0 Å². The summed E-state index contributed by atoms with van der Waals surface area (Å²) in [4.78, 5) is 4.48. The zero-order chi connectivity index (χ0) is 31.9. The highest BCUT2D eigenvalue weighted by molar-refractivity contribution is 5.15. The maximum absolute atomic E-state index is 4.48. The van der Waals surface area contributed by atoms with Gasteiger partial charge in [0.25, 0.3) is 0 Å². The molecule has 0 amide bonds. The van der Waals surface area contributed by atoms with Crippen LogP contribution < -0.4 is 0 Å². The molecule has 0 aliphatic rings. The summed E-state index contributed by atoms with van der Waals surface area (Å²) in [5.41, 5.74) is 1.50. The van der Waals surface area contributed by atoms with Crippen molar-refractivity contribution in [3.05, 3.63) is 54.6 Å². The Hall–Kier alpha value is -1.57. The molecular weight excluding hydrogens is 544 g/mol. The molecule has 0 fully saturated rings. The molecule has 0 aliphatic heterocycles. The predicted octanol–water partition coefficient (Wildman–Crippen LogP) is 14.6. The lowest BCUT2D eigenvalue weighted by Gasteiger charge is -2.29. The van der Waals surface area contributed by atoms with Gasteiger partial charge in [0.1, 0.15) is 0 Å². The summed E-state index contributed by atoms with van der Waals surface area (Å²) in [6, 6.07) is 11.9. The van der Waals surface area contributed by atoms with E-state index in [2.05, 4.69) is 66.3 Å². The van der Waals surface area contributed by atoms with Crippen LogP contribution in [0.3, 0.4) is 0 Å². The fourth-order valence-corrected chi connectivity index (χ4v) is 7.41. The van der Waals surface area contributed by atoms with E-state index in [1.165, 1.54) is 198 Å². The molecule has 0 radical (unpaired) electrons. The predicted molar refractivity (Wildman–Crippen MR) is 200 cm³/mol. The van der Waals surface area contributed by atoms with Crippen LogP contribution in [0.2, 0.25) is 0 Å². The van der Waals surface area contributed by atoms with Gasteiger partial charge in [-0.1, -0.05) is 218 Å². The number of hydrogen-bond acceptors (Lipinski definition) is 1. The fraction of sp³-hybridized carbons (Fsp3) is 0.791. The fourth-order valence-electron chi connectivity index (χ4n) is 7.41. The van der Waals surface area contributed by atoms with Gasteiger partial charge in [0.15, 0.2) is 0 Å². The van der Waals surface area contributed by atoms with Gasteiger partial charge in [-0.15, -0.1) is 0 Å². The largest absolute Gasteiger partial charge is 0.334 e. The Kier molecular flexibility index (Phi) is 26.2. The summed E-state index contributed by atoms with van der Waals surface area (Å²) in [6.07, 6.45) is 48.7.